The van der Waals surface area contributed by atoms with Crippen molar-refractivity contribution in [3.8, 4) is 22.6 Å². The van der Waals surface area contributed by atoms with Crippen LogP contribution in [0.2, 0.25) is 0 Å². The van der Waals surface area contributed by atoms with Gasteiger partial charge in [-0.3, -0.25) is 4.79 Å². The quantitative estimate of drug-likeness (QED) is 0.286. The van der Waals surface area contributed by atoms with Crippen molar-refractivity contribution in [2.24, 2.45) is 0 Å². The minimum Gasteiger partial charge on any atom is -0.461 e. The Hall–Kier alpha value is -4.41. The Morgan fingerprint density at radius 1 is 0.977 bits per heavy atom. The fourth-order valence-corrected chi connectivity index (χ4v) is 4.93. The van der Waals surface area contributed by atoms with E-state index in [0.29, 0.717) is 24.1 Å². The zero-order valence-electron chi connectivity index (χ0n) is 26.1. The summed E-state index contributed by atoms with van der Waals surface area (Å²) < 4.78 is 46.4. The molecular formula is C33H39F2N3O6. The molecule has 2 amide bonds. The van der Waals surface area contributed by atoms with Gasteiger partial charge in [0.05, 0.1) is 18.2 Å². The standard InChI is InChI=1S/C33H39F2N3O6/c1-8-42-30(40)27-26(29(39)36-32(2,3)4)23(19-38(27)21-16-17-37(18-21)31(41)44-33(5,6)7)20-12-14-22(15-13-20)43-28-24(34)10-9-11-25(28)35/h9-15,19,21H,8,16-18H2,1-7H3,(H,36,39). The number of hydrogen-bond donors (Lipinski definition) is 1. The summed E-state index contributed by atoms with van der Waals surface area (Å²) in [6.45, 7) is 13.3. The number of hydrogen-bond acceptors (Lipinski definition) is 6. The highest BCUT2D eigenvalue weighted by molar-refractivity contribution is 6.10. The number of aromatic nitrogens is 1. The number of para-hydroxylation sites is 1. The Morgan fingerprint density at radius 2 is 1.61 bits per heavy atom. The molecule has 3 aromatic rings. The van der Waals surface area contributed by atoms with Crippen LogP contribution in [0.3, 0.4) is 0 Å². The Morgan fingerprint density at radius 3 is 2.18 bits per heavy atom. The molecule has 0 spiro atoms. The zero-order valence-corrected chi connectivity index (χ0v) is 26.1. The lowest BCUT2D eigenvalue weighted by atomic mass is 10.0. The van der Waals surface area contributed by atoms with E-state index in [4.69, 9.17) is 14.2 Å². The molecule has 11 heteroatoms. The fraction of sp³-hybridized carbons (Fsp3) is 0.424. The van der Waals surface area contributed by atoms with E-state index in [2.05, 4.69) is 5.32 Å². The van der Waals surface area contributed by atoms with E-state index in [-0.39, 0.29) is 36.2 Å². The molecule has 1 unspecified atom stereocenters. The van der Waals surface area contributed by atoms with Crippen LogP contribution in [0.1, 0.15) is 81.8 Å². The van der Waals surface area contributed by atoms with E-state index < -0.39 is 46.5 Å². The molecule has 1 atom stereocenters. The normalized spacial score (nSPS) is 15.2. The molecule has 1 aromatic heterocycles. The third kappa shape index (κ3) is 7.56. The Kier molecular flexibility index (Phi) is 9.36. The van der Waals surface area contributed by atoms with Gasteiger partial charge < -0.3 is 29.0 Å². The van der Waals surface area contributed by atoms with Crippen LogP contribution in [-0.4, -0.2) is 58.3 Å². The highest BCUT2D eigenvalue weighted by atomic mass is 19.1. The maximum atomic E-state index is 14.2. The van der Waals surface area contributed by atoms with E-state index >= 15 is 0 Å². The second-order valence-corrected chi connectivity index (χ2v) is 12.6. The van der Waals surface area contributed by atoms with E-state index in [0.717, 1.165) is 12.1 Å². The molecule has 1 aliphatic rings. The van der Waals surface area contributed by atoms with E-state index in [9.17, 15) is 23.2 Å². The summed E-state index contributed by atoms with van der Waals surface area (Å²) in [6, 6.07) is 9.41. The molecule has 2 aromatic carbocycles. The van der Waals surface area contributed by atoms with Gasteiger partial charge in [0, 0.05) is 30.4 Å². The molecule has 236 valence electrons. The summed E-state index contributed by atoms with van der Waals surface area (Å²) in [5.74, 6) is -3.20. The van der Waals surface area contributed by atoms with Gasteiger partial charge >= 0.3 is 12.1 Å². The predicted octanol–water partition coefficient (Wildman–Crippen LogP) is 7.11. The summed E-state index contributed by atoms with van der Waals surface area (Å²) >= 11 is 0. The molecule has 0 saturated carbocycles. The number of likely N-dealkylation sites (tertiary alicyclic amines) is 1. The lowest BCUT2D eigenvalue weighted by Gasteiger charge is -2.24. The second kappa shape index (κ2) is 12.7. The maximum absolute atomic E-state index is 14.2. The molecule has 9 nitrogen and oxygen atoms in total. The first kappa shape index (κ1) is 32.5. The van der Waals surface area contributed by atoms with Gasteiger partial charge in [0.25, 0.3) is 5.91 Å². The Labute approximate surface area is 256 Å². The summed E-state index contributed by atoms with van der Waals surface area (Å²) in [5.41, 5.74) is -0.120. The molecule has 0 aliphatic carbocycles. The summed E-state index contributed by atoms with van der Waals surface area (Å²) in [6.07, 6.45) is 1.76. The highest BCUT2D eigenvalue weighted by Gasteiger charge is 2.36. The molecule has 2 heterocycles. The maximum Gasteiger partial charge on any atom is 0.410 e. The highest BCUT2D eigenvalue weighted by Crippen LogP contribution is 2.36. The number of benzene rings is 2. The third-order valence-corrected chi connectivity index (χ3v) is 6.73. The van der Waals surface area contributed by atoms with Crippen LogP contribution < -0.4 is 10.1 Å². The lowest BCUT2D eigenvalue weighted by molar-refractivity contribution is 0.0288. The van der Waals surface area contributed by atoms with Gasteiger partial charge in [0.15, 0.2) is 17.4 Å². The summed E-state index contributed by atoms with van der Waals surface area (Å²) in [4.78, 5) is 41.6. The predicted molar refractivity (Wildman–Crippen MR) is 161 cm³/mol. The molecular weight excluding hydrogens is 572 g/mol. The minimum atomic E-state index is -0.844. The number of halogens is 2. The topological polar surface area (TPSA) is 99.1 Å². The van der Waals surface area contributed by atoms with E-state index in [1.807, 2.05) is 20.8 Å². The molecule has 44 heavy (non-hydrogen) atoms. The summed E-state index contributed by atoms with van der Waals surface area (Å²) in [5, 5.41) is 2.94. The van der Waals surface area contributed by atoms with Crippen LogP contribution in [0.25, 0.3) is 11.1 Å². The van der Waals surface area contributed by atoms with Gasteiger partial charge in [-0.2, -0.15) is 0 Å². The first-order valence-electron chi connectivity index (χ1n) is 14.5. The molecule has 1 fully saturated rings. The number of ether oxygens (including phenoxy) is 3. The fourth-order valence-electron chi connectivity index (χ4n) is 4.93. The molecule has 1 aliphatic heterocycles. The van der Waals surface area contributed by atoms with Crippen LogP contribution in [0.4, 0.5) is 13.6 Å². The number of nitrogens with zero attached hydrogens (tertiary/aromatic N) is 2. The van der Waals surface area contributed by atoms with E-state index in [1.165, 1.54) is 18.2 Å². The van der Waals surface area contributed by atoms with Crippen molar-refractivity contribution in [2.75, 3.05) is 19.7 Å². The van der Waals surface area contributed by atoms with E-state index in [1.54, 1.807) is 55.5 Å². The van der Waals surface area contributed by atoms with Crippen molar-refractivity contribution in [3.05, 3.63) is 71.6 Å². The van der Waals surface area contributed by atoms with Gasteiger partial charge in [-0.1, -0.05) is 18.2 Å². The smallest absolute Gasteiger partial charge is 0.410 e. The number of nitrogens with one attached hydrogen (secondary N) is 1. The van der Waals surface area contributed by atoms with Crippen molar-refractivity contribution >= 4 is 18.0 Å². The monoisotopic (exact) mass is 611 g/mol. The molecule has 1 N–H and O–H groups in total. The van der Waals surface area contributed by atoms with Gasteiger partial charge in [-0.15, -0.1) is 0 Å². The minimum absolute atomic E-state index is 0.0633. The average Bonchev–Trinajstić information content (AvgIpc) is 3.55. The molecule has 1 saturated heterocycles. The first-order valence-corrected chi connectivity index (χ1v) is 14.5. The molecule has 0 radical (unpaired) electrons. The second-order valence-electron chi connectivity index (χ2n) is 12.6. The van der Waals surface area contributed by atoms with Crippen molar-refractivity contribution in [3.63, 3.8) is 0 Å². The number of carbonyl (C=O) groups excluding carboxylic acids is 3. The zero-order chi connectivity index (χ0) is 32.4. The summed E-state index contributed by atoms with van der Waals surface area (Å²) in [7, 11) is 0. The molecule has 0 bridgehead atoms. The Bertz CT molecular complexity index is 1520. The SMILES string of the molecule is CCOC(=O)c1c(C(=O)NC(C)(C)C)c(-c2ccc(Oc3c(F)cccc3F)cc2)cn1C1CCN(C(=O)OC(C)(C)C)C1. The largest absolute Gasteiger partial charge is 0.461 e. The third-order valence-electron chi connectivity index (χ3n) is 6.73. The van der Waals surface area contributed by atoms with Gasteiger partial charge in [0.2, 0.25) is 0 Å². The van der Waals surface area contributed by atoms with Gasteiger partial charge in [-0.25, -0.2) is 18.4 Å². The van der Waals surface area contributed by atoms with Crippen LogP contribution in [0, 0.1) is 11.6 Å². The number of amides is 2. The number of carbonyl (C=O) groups is 3. The van der Waals surface area contributed by atoms with Crippen molar-refractivity contribution in [2.45, 2.75) is 72.1 Å². The first-order chi connectivity index (χ1) is 20.6. The lowest BCUT2D eigenvalue weighted by Crippen LogP contribution is -2.41. The van der Waals surface area contributed by atoms with Crippen molar-refractivity contribution in [1.82, 2.24) is 14.8 Å². The number of esters is 1. The van der Waals surface area contributed by atoms with Crippen molar-refractivity contribution < 1.29 is 37.4 Å². The average molecular weight is 612 g/mol. The van der Waals surface area contributed by atoms with Crippen molar-refractivity contribution in [1.29, 1.82) is 0 Å². The van der Waals surface area contributed by atoms with Gasteiger partial charge in [-0.05, 0) is 84.7 Å². The van der Waals surface area contributed by atoms with Crippen LogP contribution in [-0.2, 0) is 9.47 Å². The Balaban J connectivity index is 1.78. The van der Waals surface area contributed by atoms with Crippen LogP contribution in [0.15, 0.2) is 48.7 Å². The van der Waals surface area contributed by atoms with Crippen LogP contribution >= 0.6 is 0 Å². The van der Waals surface area contributed by atoms with Crippen LogP contribution in [0.5, 0.6) is 11.5 Å². The van der Waals surface area contributed by atoms with Gasteiger partial charge in [0.1, 0.15) is 17.0 Å². The molecule has 4 rings (SSSR count). The number of rotatable bonds is 7.